The number of aliphatic imine (C=N–C) groups is 1. The minimum Gasteiger partial charge on any atom is -0.395 e. The van der Waals surface area contributed by atoms with Crippen LogP contribution in [0.4, 0.5) is 24.7 Å². The SMILES string of the molecule is Cc1cc(Cl)cc(C(=O)NCC(C)S(C)=O)c1NC(=O)C(C=C(N)C(F)(F)F)=Nc1ncccc1Cl. The van der Waals surface area contributed by atoms with Crippen molar-refractivity contribution in [2.75, 3.05) is 18.1 Å². The van der Waals surface area contributed by atoms with Gasteiger partial charge in [0.15, 0.2) is 5.82 Å². The van der Waals surface area contributed by atoms with Crippen LogP contribution in [-0.2, 0) is 15.6 Å². The van der Waals surface area contributed by atoms with Gasteiger partial charge in [0.2, 0.25) is 0 Å². The molecule has 194 valence electrons. The number of hydrogen-bond donors (Lipinski definition) is 3. The Hall–Kier alpha value is -2.96. The number of carbonyl (C=O) groups is 2. The zero-order valence-electron chi connectivity index (χ0n) is 19.2. The van der Waals surface area contributed by atoms with E-state index in [1.807, 2.05) is 0 Å². The molecule has 0 aliphatic heterocycles. The first-order valence-corrected chi connectivity index (χ1v) is 12.5. The third-order valence-electron chi connectivity index (χ3n) is 4.72. The first-order chi connectivity index (χ1) is 16.7. The predicted molar refractivity (Wildman–Crippen MR) is 135 cm³/mol. The molecule has 2 amide bonds. The Bertz CT molecular complexity index is 1250. The molecule has 0 saturated carbocycles. The lowest BCUT2D eigenvalue weighted by Gasteiger charge is -2.16. The number of nitrogens with two attached hydrogens (primary N) is 1. The molecular weight excluding hydrogens is 542 g/mol. The smallest absolute Gasteiger partial charge is 0.395 e. The number of alkyl halides is 3. The summed E-state index contributed by atoms with van der Waals surface area (Å²) in [6.07, 6.45) is -1.83. The molecule has 4 N–H and O–H groups in total. The summed E-state index contributed by atoms with van der Waals surface area (Å²) in [6, 6.07) is 5.58. The van der Waals surface area contributed by atoms with E-state index in [9.17, 15) is 27.0 Å². The Kier molecular flexibility index (Phi) is 10.0. The fourth-order valence-electron chi connectivity index (χ4n) is 2.67. The molecule has 0 spiro atoms. The maximum absolute atomic E-state index is 13.1. The van der Waals surface area contributed by atoms with E-state index < -0.39 is 40.2 Å². The van der Waals surface area contributed by atoms with Gasteiger partial charge in [-0.25, -0.2) is 9.98 Å². The fourth-order valence-corrected chi connectivity index (χ4v) is 3.42. The molecule has 0 aliphatic carbocycles. The number of rotatable bonds is 8. The maximum atomic E-state index is 13.1. The molecule has 0 bridgehead atoms. The van der Waals surface area contributed by atoms with Gasteiger partial charge in [0.1, 0.15) is 11.4 Å². The first kappa shape index (κ1) is 29.3. The second kappa shape index (κ2) is 12.3. The molecule has 2 rings (SSSR count). The highest BCUT2D eigenvalue weighted by atomic mass is 35.5. The number of allylic oxidation sites excluding steroid dienone is 1. The zero-order chi connectivity index (χ0) is 27.2. The monoisotopic (exact) mass is 563 g/mol. The van der Waals surface area contributed by atoms with E-state index in [2.05, 4.69) is 20.6 Å². The highest BCUT2D eigenvalue weighted by Crippen LogP contribution is 2.27. The van der Waals surface area contributed by atoms with E-state index in [0.29, 0.717) is 11.6 Å². The normalized spacial score (nSPS) is 14.2. The third kappa shape index (κ3) is 8.04. The van der Waals surface area contributed by atoms with E-state index in [-0.39, 0.29) is 38.9 Å². The Morgan fingerprint density at radius 2 is 1.97 bits per heavy atom. The second-order valence-electron chi connectivity index (χ2n) is 7.52. The Morgan fingerprint density at radius 1 is 1.31 bits per heavy atom. The van der Waals surface area contributed by atoms with Crippen molar-refractivity contribution in [2.24, 2.45) is 10.7 Å². The zero-order valence-corrected chi connectivity index (χ0v) is 21.6. The van der Waals surface area contributed by atoms with Gasteiger partial charge in [-0.05, 0) is 49.8 Å². The maximum Gasteiger partial charge on any atom is 0.430 e. The average molecular weight is 564 g/mol. The summed E-state index contributed by atoms with van der Waals surface area (Å²) in [6.45, 7) is 3.27. The van der Waals surface area contributed by atoms with Crippen LogP contribution in [0.5, 0.6) is 0 Å². The van der Waals surface area contributed by atoms with Gasteiger partial charge in [-0.1, -0.05) is 23.2 Å². The van der Waals surface area contributed by atoms with Crippen molar-refractivity contribution in [3.63, 3.8) is 0 Å². The predicted octanol–water partition coefficient (Wildman–Crippen LogP) is 4.31. The van der Waals surface area contributed by atoms with Crippen LogP contribution in [0, 0.1) is 6.92 Å². The summed E-state index contributed by atoms with van der Waals surface area (Å²) in [4.78, 5) is 33.6. The van der Waals surface area contributed by atoms with Gasteiger partial charge in [-0.15, -0.1) is 0 Å². The number of nitrogens with one attached hydrogen (secondary N) is 2. The number of aromatic nitrogens is 1. The molecule has 1 heterocycles. The summed E-state index contributed by atoms with van der Waals surface area (Å²) in [7, 11) is -1.20. The summed E-state index contributed by atoms with van der Waals surface area (Å²) < 4.78 is 50.9. The molecule has 1 aromatic heterocycles. The molecule has 14 heteroatoms. The molecule has 0 aliphatic rings. The summed E-state index contributed by atoms with van der Waals surface area (Å²) in [5.74, 6) is -1.99. The molecule has 2 unspecified atom stereocenters. The number of aryl methyl sites for hydroxylation is 1. The van der Waals surface area contributed by atoms with Gasteiger partial charge in [0.05, 0.1) is 16.3 Å². The minimum atomic E-state index is -4.94. The standard InChI is InChI=1S/C22H22Cl2F3N5O3S/c1-11-7-13(23)8-14(20(33)30-10-12(2)36(3)35)18(11)32-21(34)16(9-17(28)22(25,26)27)31-19-15(24)5-4-6-29-19/h4-9,12H,10,28H2,1-3H3,(H,30,33)(H,32,34). The van der Waals surface area contributed by atoms with Gasteiger partial charge in [-0.2, -0.15) is 13.2 Å². The number of anilines is 1. The molecule has 1 aromatic carbocycles. The average Bonchev–Trinajstić information content (AvgIpc) is 2.78. The highest BCUT2D eigenvalue weighted by molar-refractivity contribution is 7.84. The number of amides is 2. The van der Waals surface area contributed by atoms with Gasteiger partial charge < -0.3 is 16.4 Å². The number of halogens is 5. The topological polar surface area (TPSA) is 127 Å². The van der Waals surface area contributed by atoms with E-state index in [4.69, 9.17) is 28.9 Å². The third-order valence-corrected chi connectivity index (χ3v) is 6.53. The molecular formula is C22H22Cl2F3N5O3S. The molecule has 2 aromatic rings. The minimum absolute atomic E-state index is 0.0213. The van der Waals surface area contributed by atoms with Crippen LogP contribution in [-0.4, -0.2) is 50.9 Å². The Balaban J connectivity index is 2.51. The van der Waals surface area contributed by atoms with Crippen molar-refractivity contribution in [3.8, 4) is 0 Å². The Labute approximate surface area is 217 Å². The molecule has 2 atom stereocenters. The first-order valence-electron chi connectivity index (χ1n) is 10.2. The van der Waals surface area contributed by atoms with Crippen LogP contribution in [0.3, 0.4) is 0 Å². The van der Waals surface area contributed by atoms with Crippen molar-refractivity contribution < 1.29 is 27.0 Å². The largest absolute Gasteiger partial charge is 0.430 e. The van der Waals surface area contributed by atoms with Gasteiger partial charge in [0.25, 0.3) is 11.8 Å². The van der Waals surface area contributed by atoms with Crippen LogP contribution in [0.15, 0.2) is 47.2 Å². The number of carbonyl (C=O) groups excluding carboxylic acids is 2. The van der Waals surface area contributed by atoms with Crippen molar-refractivity contribution >= 4 is 63.0 Å². The summed E-state index contributed by atoms with van der Waals surface area (Å²) >= 11 is 12.1. The second-order valence-corrected chi connectivity index (χ2v) is 10.2. The number of benzene rings is 1. The van der Waals surface area contributed by atoms with Crippen LogP contribution in [0.1, 0.15) is 22.8 Å². The van der Waals surface area contributed by atoms with Crippen LogP contribution in [0.25, 0.3) is 0 Å². The molecule has 36 heavy (non-hydrogen) atoms. The lowest BCUT2D eigenvalue weighted by atomic mass is 10.1. The van der Waals surface area contributed by atoms with Crippen LogP contribution in [0.2, 0.25) is 10.0 Å². The van der Waals surface area contributed by atoms with E-state index in [1.54, 1.807) is 6.92 Å². The molecule has 8 nitrogen and oxygen atoms in total. The van der Waals surface area contributed by atoms with Gasteiger partial charge in [-0.3, -0.25) is 13.8 Å². The van der Waals surface area contributed by atoms with Crippen LogP contribution >= 0.6 is 23.2 Å². The summed E-state index contributed by atoms with van der Waals surface area (Å²) in [5.41, 5.74) is 3.02. The lowest BCUT2D eigenvalue weighted by molar-refractivity contribution is -0.110. The molecule has 0 fully saturated rings. The van der Waals surface area contributed by atoms with Crippen molar-refractivity contribution in [1.82, 2.24) is 10.3 Å². The lowest BCUT2D eigenvalue weighted by Crippen LogP contribution is -2.33. The van der Waals surface area contributed by atoms with Crippen molar-refractivity contribution in [3.05, 3.63) is 63.4 Å². The number of pyridine rings is 1. The highest BCUT2D eigenvalue weighted by Gasteiger charge is 2.32. The van der Waals surface area contributed by atoms with E-state index in [0.717, 1.165) is 0 Å². The van der Waals surface area contributed by atoms with E-state index >= 15 is 0 Å². The molecule has 0 radical (unpaired) electrons. The van der Waals surface area contributed by atoms with Gasteiger partial charge >= 0.3 is 6.18 Å². The number of nitrogens with zero attached hydrogens (tertiary/aromatic N) is 2. The van der Waals surface area contributed by atoms with E-state index in [1.165, 1.54) is 43.6 Å². The Morgan fingerprint density at radius 3 is 2.56 bits per heavy atom. The fraction of sp³-hybridized carbons (Fsp3) is 0.273. The van der Waals surface area contributed by atoms with Crippen LogP contribution < -0.4 is 16.4 Å². The van der Waals surface area contributed by atoms with Crippen molar-refractivity contribution in [1.29, 1.82) is 0 Å². The van der Waals surface area contributed by atoms with Crippen molar-refractivity contribution in [2.45, 2.75) is 25.3 Å². The quantitative estimate of drug-likeness (QED) is 0.412. The van der Waals surface area contributed by atoms with Gasteiger partial charge in [0, 0.05) is 40.1 Å². The molecule has 0 saturated heterocycles. The number of hydrogen-bond acceptors (Lipinski definition) is 6. The summed E-state index contributed by atoms with van der Waals surface area (Å²) in [5, 5.41) is 4.80.